The Morgan fingerprint density at radius 1 is 1.18 bits per heavy atom. The smallest absolute Gasteiger partial charge is 0.336 e. The lowest BCUT2D eigenvalue weighted by atomic mass is 9.92. The highest BCUT2D eigenvalue weighted by Crippen LogP contribution is 2.28. The van der Waals surface area contributed by atoms with E-state index in [-0.39, 0.29) is 24.0 Å². The summed E-state index contributed by atoms with van der Waals surface area (Å²) in [4.78, 5) is 24.8. The van der Waals surface area contributed by atoms with Crippen LogP contribution >= 0.6 is 0 Å². The Bertz CT molecular complexity index is 809. The third-order valence-electron chi connectivity index (χ3n) is 6.05. The van der Waals surface area contributed by atoms with E-state index in [1.165, 1.54) is 6.92 Å². The molecule has 1 aliphatic carbocycles. The Labute approximate surface area is 202 Å². The molecule has 4 N–H and O–H groups in total. The lowest BCUT2D eigenvalue weighted by Gasteiger charge is -2.33. The molecule has 2 unspecified atom stereocenters. The van der Waals surface area contributed by atoms with E-state index in [1.807, 2.05) is 33.8 Å². The van der Waals surface area contributed by atoms with Crippen molar-refractivity contribution in [1.29, 1.82) is 0 Å². The molecule has 1 aromatic carbocycles. The first-order valence-electron chi connectivity index (χ1n) is 12.1. The monoisotopic (exact) mass is 476 g/mol. The van der Waals surface area contributed by atoms with Crippen LogP contribution in [-0.2, 0) is 23.8 Å². The standard InChI is InChI=1S/C26H40N2O6/c1-6-20(7-2)32-22-15-19(13-14-21(22)28-17(5)29)24(30)33-26(18-11-9-8-10-12-18)34-25(31)23(27)16(3)4/h8-12,15-16,20-23,25-26,31H,6-7,13-14,27H2,1-5H3,(H,28,29)/t21-,22-,23-,25?,26?/m1/s1. The van der Waals surface area contributed by atoms with Crippen molar-refractivity contribution in [2.75, 3.05) is 0 Å². The van der Waals surface area contributed by atoms with Gasteiger partial charge < -0.3 is 30.4 Å². The number of nitrogens with two attached hydrogens (primary N) is 1. The number of aliphatic hydroxyl groups excluding tert-OH is 1. The Hall–Kier alpha value is -2.26. The molecule has 0 saturated carbocycles. The molecule has 2 rings (SSSR count). The molecule has 0 heterocycles. The second kappa shape index (κ2) is 13.6. The van der Waals surface area contributed by atoms with Gasteiger partial charge in [-0.15, -0.1) is 0 Å². The number of esters is 1. The summed E-state index contributed by atoms with van der Waals surface area (Å²) in [6, 6.07) is 8.08. The predicted molar refractivity (Wildman–Crippen MR) is 129 cm³/mol. The quantitative estimate of drug-likeness (QED) is 0.313. The second-order valence-corrected chi connectivity index (χ2v) is 9.07. The molecule has 0 aliphatic heterocycles. The van der Waals surface area contributed by atoms with Gasteiger partial charge in [-0.3, -0.25) is 4.79 Å². The second-order valence-electron chi connectivity index (χ2n) is 9.07. The van der Waals surface area contributed by atoms with Crippen molar-refractivity contribution in [1.82, 2.24) is 5.32 Å². The van der Waals surface area contributed by atoms with Crippen molar-refractivity contribution < 1.29 is 28.9 Å². The number of ether oxygens (including phenoxy) is 3. The summed E-state index contributed by atoms with van der Waals surface area (Å²) >= 11 is 0. The molecule has 190 valence electrons. The zero-order chi connectivity index (χ0) is 25.3. The number of benzene rings is 1. The van der Waals surface area contributed by atoms with Crippen LogP contribution in [0.4, 0.5) is 0 Å². The zero-order valence-electron chi connectivity index (χ0n) is 20.9. The summed E-state index contributed by atoms with van der Waals surface area (Å²) in [6.07, 6.45) is 1.49. The van der Waals surface area contributed by atoms with Gasteiger partial charge in [0.1, 0.15) is 0 Å². The van der Waals surface area contributed by atoms with Gasteiger partial charge in [-0.1, -0.05) is 58.0 Å². The van der Waals surface area contributed by atoms with Crippen LogP contribution in [-0.4, -0.2) is 47.6 Å². The average molecular weight is 477 g/mol. The molecule has 1 aliphatic rings. The number of rotatable bonds is 12. The lowest BCUT2D eigenvalue weighted by Crippen LogP contribution is -2.46. The molecule has 8 heteroatoms. The molecular formula is C26H40N2O6. The van der Waals surface area contributed by atoms with Crippen LogP contribution in [0, 0.1) is 5.92 Å². The normalized spacial score (nSPS) is 21.0. The highest BCUT2D eigenvalue weighted by Gasteiger charge is 2.32. The van der Waals surface area contributed by atoms with E-state index >= 15 is 0 Å². The SMILES string of the molecule is CCC(CC)O[C@@H]1C=C(C(=O)OC(OC(O)[C@H](N)C(C)C)c2ccccc2)CC[C@H]1NC(C)=O. The first-order valence-corrected chi connectivity index (χ1v) is 12.1. The van der Waals surface area contributed by atoms with E-state index in [2.05, 4.69) is 5.32 Å². The van der Waals surface area contributed by atoms with Crippen LogP contribution in [0.15, 0.2) is 42.0 Å². The van der Waals surface area contributed by atoms with Gasteiger partial charge >= 0.3 is 5.97 Å². The number of amides is 1. The van der Waals surface area contributed by atoms with Crippen molar-refractivity contribution in [3.8, 4) is 0 Å². The van der Waals surface area contributed by atoms with Crippen LogP contribution in [0.25, 0.3) is 0 Å². The Morgan fingerprint density at radius 2 is 1.82 bits per heavy atom. The van der Waals surface area contributed by atoms with Crippen LogP contribution in [0.1, 0.15) is 72.2 Å². The van der Waals surface area contributed by atoms with Crippen LogP contribution < -0.4 is 11.1 Å². The number of aliphatic hydroxyl groups is 1. The van der Waals surface area contributed by atoms with Gasteiger partial charge in [0.15, 0.2) is 6.29 Å². The zero-order valence-corrected chi connectivity index (χ0v) is 20.9. The Kier molecular flexibility index (Phi) is 11.2. The van der Waals surface area contributed by atoms with E-state index in [0.717, 1.165) is 12.8 Å². The maximum Gasteiger partial charge on any atom is 0.336 e. The van der Waals surface area contributed by atoms with Gasteiger partial charge in [0, 0.05) is 18.1 Å². The molecule has 0 saturated heterocycles. The minimum atomic E-state index is -1.31. The summed E-state index contributed by atoms with van der Waals surface area (Å²) in [6.45, 7) is 9.30. The fraction of sp³-hybridized carbons (Fsp3) is 0.615. The minimum Gasteiger partial charge on any atom is -0.428 e. The van der Waals surface area contributed by atoms with Crippen molar-refractivity contribution in [2.24, 2.45) is 11.7 Å². The van der Waals surface area contributed by atoms with Gasteiger partial charge in [-0.25, -0.2) is 4.79 Å². The number of hydrogen-bond donors (Lipinski definition) is 3. The van der Waals surface area contributed by atoms with E-state index < -0.39 is 30.7 Å². The first kappa shape index (κ1) is 28.0. The molecule has 1 aromatic rings. The largest absolute Gasteiger partial charge is 0.428 e. The maximum atomic E-state index is 13.1. The summed E-state index contributed by atoms with van der Waals surface area (Å²) < 4.78 is 17.6. The van der Waals surface area contributed by atoms with Crippen LogP contribution in [0.2, 0.25) is 0 Å². The molecule has 8 nitrogen and oxygen atoms in total. The Morgan fingerprint density at radius 3 is 2.38 bits per heavy atom. The summed E-state index contributed by atoms with van der Waals surface area (Å²) in [5, 5.41) is 13.4. The van der Waals surface area contributed by atoms with Crippen LogP contribution in [0.3, 0.4) is 0 Å². The molecule has 0 aromatic heterocycles. The summed E-state index contributed by atoms with van der Waals surface area (Å²) in [5.41, 5.74) is 7.06. The van der Waals surface area contributed by atoms with Gasteiger partial charge in [-0.05, 0) is 37.7 Å². The first-order chi connectivity index (χ1) is 16.2. The topological polar surface area (TPSA) is 120 Å². The molecule has 5 atom stereocenters. The van der Waals surface area contributed by atoms with Crippen molar-refractivity contribution in [3.63, 3.8) is 0 Å². The highest BCUT2D eigenvalue weighted by atomic mass is 16.7. The minimum absolute atomic E-state index is 0.0148. The fourth-order valence-electron chi connectivity index (χ4n) is 3.80. The number of carbonyl (C=O) groups excluding carboxylic acids is 2. The lowest BCUT2D eigenvalue weighted by molar-refractivity contribution is -0.236. The van der Waals surface area contributed by atoms with Crippen LogP contribution in [0.5, 0.6) is 0 Å². The predicted octanol–water partition coefficient (Wildman–Crippen LogP) is 3.35. The summed E-state index contributed by atoms with van der Waals surface area (Å²) in [7, 11) is 0. The third kappa shape index (κ3) is 8.20. The molecule has 1 amide bonds. The molecule has 0 bridgehead atoms. The maximum absolute atomic E-state index is 13.1. The number of nitrogens with one attached hydrogen (secondary N) is 1. The molecule has 0 spiro atoms. The third-order valence-corrected chi connectivity index (χ3v) is 6.05. The van der Waals surface area contributed by atoms with Crippen molar-refractivity contribution in [3.05, 3.63) is 47.5 Å². The van der Waals surface area contributed by atoms with Gasteiger partial charge in [0.25, 0.3) is 0 Å². The van der Waals surface area contributed by atoms with Crippen molar-refractivity contribution >= 4 is 11.9 Å². The summed E-state index contributed by atoms with van der Waals surface area (Å²) in [5.74, 6) is -0.731. The van der Waals surface area contributed by atoms with Crippen molar-refractivity contribution in [2.45, 2.75) is 97.2 Å². The molecular weight excluding hydrogens is 436 g/mol. The van der Waals surface area contributed by atoms with E-state index in [4.69, 9.17) is 19.9 Å². The average Bonchev–Trinajstić information content (AvgIpc) is 2.82. The van der Waals surface area contributed by atoms with E-state index in [9.17, 15) is 14.7 Å². The fourth-order valence-corrected chi connectivity index (χ4v) is 3.80. The number of carbonyl (C=O) groups is 2. The highest BCUT2D eigenvalue weighted by molar-refractivity contribution is 5.89. The van der Waals surface area contributed by atoms with Gasteiger partial charge in [-0.2, -0.15) is 0 Å². The van der Waals surface area contributed by atoms with E-state index in [0.29, 0.717) is 24.0 Å². The van der Waals surface area contributed by atoms with Gasteiger partial charge in [0.2, 0.25) is 12.2 Å². The van der Waals surface area contributed by atoms with E-state index in [1.54, 1.807) is 30.3 Å². The number of hydrogen-bond acceptors (Lipinski definition) is 7. The van der Waals surface area contributed by atoms with Gasteiger partial charge in [0.05, 0.1) is 24.3 Å². The molecule has 0 radical (unpaired) electrons. The molecule has 0 fully saturated rings. The molecule has 34 heavy (non-hydrogen) atoms. The Balaban J connectivity index is 2.23.